The zero-order valence-electron chi connectivity index (χ0n) is 19.9. The van der Waals surface area contributed by atoms with E-state index in [1.807, 2.05) is 0 Å². The van der Waals surface area contributed by atoms with Gasteiger partial charge in [0.05, 0.1) is 41.7 Å². The maximum absolute atomic E-state index is 15.0. The molecule has 1 amide bonds. The highest BCUT2D eigenvalue weighted by atomic mass is 32.2. The van der Waals surface area contributed by atoms with Crippen molar-refractivity contribution < 1.29 is 22.4 Å². The van der Waals surface area contributed by atoms with Crippen LogP contribution in [0.5, 0.6) is 0 Å². The van der Waals surface area contributed by atoms with Crippen molar-refractivity contribution in [2.75, 3.05) is 34.8 Å². The summed E-state index contributed by atoms with van der Waals surface area (Å²) in [5.74, 6) is -0.259. The van der Waals surface area contributed by atoms with Crippen molar-refractivity contribution in [1.29, 1.82) is 0 Å². The number of pyridine rings is 1. The smallest absolute Gasteiger partial charge is 0.278 e. The molecule has 1 aromatic carbocycles. The highest BCUT2D eigenvalue weighted by Gasteiger charge is 2.29. The number of sulfonamides is 1. The minimum absolute atomic E-state index is 0.0574. The number of hydrogen-bond donors (Lipinski definition) is 3. The Morgan fingerprint density at radius 1 is 1.11 bits per heavy atom. The third-order valence-electron chi connectivity index (χ3n) is 5.52. The lowest BCUT2D eigenvalue weighted by Gasteiger charge is -2.23. The molecule has 0 aliphatic heterocycles. The second-order valence-electron chi connectivity index (χ2n) is 8.22. The summed E-state index contributed by atoms with van der Waals surface area (Å²) in [6.45, 7) is 1.95. The maximum atomic E-state index is 15.0. The van der Waals surface area contributed by atoms with Crippen LogP contribution in [0, 0.1) is 5.82 Å². The molecular formula is C23H26FN7O4S. The van der Waals surface area contributed by atoms with E-state index in [4.69, 9.17) is 4.84 Å². The molecule has 1 saturated carbocycles. The lowest BCUT2D eigenvalue weighted by atomic mass is 10.1. The Hall–Kier alpha value is -3.84. The first kappa shape index (κ1) is 25.3. The summed E-state index contributed by atoms with van der Waals surface area (Å²) < 4.78 is 40.8. The van der Waals surface area contributed by atoms with Crippen molar-refractivity contribution in [2.45, 2.75) is 25.7 Å². The Balaban J connectivity index is 1.78. The van der Waals surface area contributed by atoms with Crippen LogP contribution in [-0.4, -0.2) is 49.2 Å². The highest BCUT2D eigenvalue weighted by molar-refractivity contribution is 7.92. The van der Waals surface area contributed by atoms with Crippen LogP contribution in [0.25, 0.3) is 0 Å². The highest BCUT2D eigenvalue weighted by Crippen LogP contribution is 2.45. The predicted molar refractivity (Wildman–Crippen MR) is 134 cm³/mol. The van der Waals surface area contributed by atoms with Crippen molar-refractivity contribution >= 4 is 44.6 Å². The Morgan fingerprint density at radius 3 is 2.53 bits per heavy atom. The molecule has 0 spiro atoms. The quantitative estimate of drug-likeness (QED) is 0.347. The summed E-state index contributed by atoms with van der Waals surface area (Å²) >= 11 is 0. The summed E-state index contributed by atoms with van der Waals surface area (Å²) in [5, 5.41) is 6.00. The molecule has 3 N–H and O–H groups in total. The third kappa shape index (κ3) is 5.86. The number of hydrogen-bond acceptors (Lipinski definition) is 9. The van der Waals surface area contributed by atoms with E-state index in [-0.39, 0.29) is 35.2 Å². The van der Waals surface area contributed by atoms with Gasteiger partial charge in [-0.25, -0.2) is 28.3 Å². The van der Waals surface area contributed by atoms with E-state index in [1.165, 1.54) is 50.0 Å². The molecule has 2 heterocycles. The lowest BCUT2D eigenvalue weighted by Crippen LogP contribution is -2.26. The molecule has 11 nitrogen and oxygen atoms in total. The number of carbonyl (C=O) groups is 1. The number of hydroxylamine groups is 1. The maximum Gasteiger partial charge on any atom is 0.278 e. The van der Waals surface area contributed by atoms with E-state index in [9.17, 15) is 13.2 Å². The van der Waals surface area contributed by atoms with Crippen LogP contribution in [0.15, 0.2) is 43.0 Å². The van der Waals surface area contributed by atoms with Crippen LogP contribution < -0.4 is 20.4 Å². The van der Waals surface area contributed by atoms with Gasteiger partial charge in [0.25, 0.3) is 5.91 Å². The zero-order chi connectivity index (χ0) is 25.9. The molecule has 190 valence electrons. The summed E-state index contributed by atoms with van der Waals surface area (Å²) in [7, 11) is -2.27. The van der Waals surface area contributed by atoms with Gasteiger partial charge in [0.2, 0.25) is 10.0 Å². The number of aromatic nitrogens is 3. The standard InChI is InChI=1S/C23H26FN7O4S/c1-4-35-30-23(32)16-12-27-21(29-22-13-25-7-8-26-22)11-18(16)28-19-10-17(24)15(14-5-6-14)9-20(19)31(2)36(3,33)34/h7-14H,4-6H2,1-3H3,(H,30,32)(H2,26,27,28,29). The molecule has 1 fully saturated rings. The topological polar surface area (TPSA) is 138 Å². The first-order chi connectivity index (χ1) is 17.2. The van der Waals surface area contributed by atoms with Gasteiger partial charge in [0, 0.05) is 31.7 Å². The monoisotopic (exact) mass is 515 g/mol. The minimum atomic E-state index is -3.66. The Labute approximate surface area is 208 Å². The Morgan fingerprint density at radius 2 is 1.89 bits per heavy atom. The van der Waals surface area contributed by atoms with Crippen molar-refractivity contribution in [2.24, 2.45) is 0 Å². The minimum Gasteiger partial charge on any atom is -0.353 e. The second-order valence-corrected chi connectivity index (χ2v) is 10.2. The van der Waals surface area contributed by atoms with Gasteiger partial charge in [-0.15, -0.1) is 0 Å². The van der Waals surface area contributed by atoms with Gasteiger partial charge < -0.3 is 10.6 Å². The fourth-order valence-electron chi connectivity index (χ4n) is 3.47. The molecule has 1 aliphatic rings. The third-order valence-corrected chi connectivity index (χ3v) is 6.71. The number of nitrogens with zero attached hydrogens (tertiary/aromatic N) is 4. The first-order valence-electron chi connectivity index (χ1n) is 11.2. The largest absolute Gasteiger partial charge is 0.353 e. The van der Waals surface area contributed by atoms with Crippen molar-refractivity contribution in [3.05, 3.63) is 59.9 Å². The average molecular weight is 516 g/mol. The van der Waals surface area contributed by atoms with Crippen molar-refractivity contribution in [1.82, 2.24) is 20.4 Å². The van der Waals surface area contributed by atoms with E-state index in [1.54, 1.807) is 6.92 Å². The van der Waals surface area contributed by atoms with E-state index in [0.29, 0.717) is 17.2 Å². The van der Waals surface area contributed by atoms with E-state index >= 15 is 4.39 Å². The van der Waals surface area contributed by atoms with Crippen LogP contribution in [-0.2, 0) is 14.9 Å². The summed E-state index contributed by atoms with van der Waals surface area (Å²) in [4.78, 5) is 30.1. The number of benzene rings is 1. The van der Waals surface area contributed by atoms with Crippen LogP contribution in [0.1, 0.15) is 41.6 Å². The average Bonchev–Trinajstić information content (AvgIpc) is 3.68. The SMILES string of the molecule is CCONC(=O)c1cnc(Nc2cnccn2)cc1Nc1cc(F)c(C2CC2)cc1N(C)S(C)(=O)=O. The fourth-order valence-corrected chi connectivity index (χ4v) is 3.97. The zero-order valence-corrected chi connectivity index (χ0v) is 20.8. The van der Waals surface area contributed by atoms with Gasteiger partial charge in [-0.1, -0.05) is 0 Å². The van der Waals surface area contributed by atoms with Crippen LogP contribution in [0.3, 0.4) is 0 Å². The summed E-state index contributed by atoms with van der Waals surface area (Å²) in [6.07, 6.45) is 8.58. The molecule has 4 rings (SSSR count). The molecule has 1 aliphatic carbocycles. The van der Waals surface area contributed by atoms with E-state index in [2.05, 4.69) is 31.1 Å². The fraction of sp³-hybridized carbons (Fsp3) is 0.304. The van der Waals surface area contributed by atoms with Gasteiger partial charge >= 0.3 is 0 Å². The molecule has 0 unspecified atom stereocenters. The lowest BCUT2D eigenvalue weighted by molar-refractivity contribution is 0.0365. The Bertz CT molecular complexity index is 1370. The molecular weight excluding hydrogens is 489 g/mol. The number of amides is 1. The molecule has 0 bridgehead atoms. The van der Waals surface area contributed by atoms with E-state index < -0.39 is 21.7 Å². The molecule has 0 saturated heterocycles. The molecule has 13 heteroatoms. The molecule has 3 aromatic rings. The van der Waals surface area contributed by atoms with Crippen LogP contribution in [0.2, 0.25) is 0 Å². The van der Waals surface area contributed by atoms with Gasteiger partial charge in [-0.2, -0.15) is 0 Å². The number of anilines is 5. The van der Waals surface area contributed by atoms with Gasteiger partial charge in [0.1, 0.15) is 17.5 Å². The van der Waals surface area contributed by atoms with Crippen molar-refractivity contribution in [3.8, 4) is 0 Å². The summed E-state index contributed by atoms with van der Waals surface area (Å²) in [5.41, 5.74) is 3.49. The molecule has 2 aromatic heterocycles. The molecule has 0 atom stereocenters. The molecule has 36 heavy (non-hydrogen) atoms. The van der Waals surface area contributed by atoms with Crippen LogP contribution in [0.4, 0.5) is 33.1 Å². The summed E-state index contributed by atoms with van der Waals surface area (Å²) in [6, 6.07) is 4.30. The normalized spacial score (nSPS) is 13.2. The van der Waals surface area contributed by atoms with Gasteiger partial charge in [-0.3, -0.25) is 18.9 Å². The number of carbonyl (C=O) groups excluding carboxylic acids is 1. The van der Waals surface area contributed by atoms with Gasteiger partial charge in [0.15, 0.2) is 0 Å². The van der Waals surface area contributed by atoms with E-state index in [0.717, 1.165) is 23.4 Å². The van der Waals surface area contributed by atoms with Crippen LogP contribution >= 0.6 is 0 Å². The first-order valence-corrected chi connectivity index (χ1v) is 13.0. The van der Waals surface area contributed by atoms with Crippen molar-refractivity contribution in [3.63, 3.8) is 0 Å². The molecule has 0 radical (unpaired) electrons. The second kappa shape index (κ2) is 10.4. The number of halogens is 1. The predicted octanol–water partition coefficient (Wildman–Crippen LogP) is 3.45. The Kier molecular flexibility index (Phi) is 7.31. The number of rotatable bonds is 10. The number of nitrogens with one attached hydrogen (secondary N) is 3. The van der Waals surface area contributed by atoms with Gasteiger partial charge in [-0.05, 0) is 43.4 Å².